The molecule has 1 saturated carbocycles. The van der Waals surface area contributed by atoms with Gasteiger partial charge >= 0.3 is 5.97 Å². The molecule has 12 heavy (non-hydrogen) atoms. The molecule has 0 atom stereocenters. The molecule has 0 unspecified atom stereocenters. The summed E-state index contributed by atoms with van der Waals surface area (Å²) < 4.78 is 5.36. The maximum atomic E-state index is 10.6. The average molecular weight is 170 g/mol. The van der Waals surface area contributed by atoms with E-state index in [1.54, 1.807) is 0 Å². The zero-order chi connectivity index (χ0) is 8.60. The van der Waals surface area contributed by atoms with Crippen LogP contribution in [0, 0.1) is 11.3 Å². The maximum absolute atomic E-state index is 10.6. The molecule has 3 nitrogen and oxygen atoms in total. The van der Waals surface area contributed by atoms with Crippen molar-refractivity contribution in [1.29, 1.82) is 0 Å². The summed E-state index contributed by atoms with van der Waals surface area (Å²) in [7, 11) is 0. The molecule has 1 aliphatic heterocycles. The summed E-state index contributed by atoms with van der Waals surface area (Å²) in [5, 5.41) is 8.71. The molecule has 1 aliphatic carbocycles. The normalized spacial score (nSPS) is 40.8. The molecule has 0 aromatic heterocycles. The Bertz CT molecular complexity index is 186. The third-order valence-electron chi connectivity index (χ3n) is 3.11. The first-order valence-corrected chi connectivity index (χ1v) is 4.52. The van der Waals surface area contributed by atoms with E-state index in [0.29, 0.717) is 0 Å². The molecule has 0 radical (unpaired) electrons. The fraction of sp³-hybridized carbons (Fsp3) is 0.889. The lowest BCUT2D eigenvalue weighted by Crippen LogP contribution is -2.46. The predicted molar refractivity (Wildman–Crippen MR) is 42.8 cm³/mol. The minimum atomic E-state index is -0.633. The molecule has 1 saturated heterocycles. The van der Waals surface area contributed by atoms with Gasteiger partial charge in [-0.3, -0.25) is 4.79 Å². The van der Waals surface area contributed by atoms with Gasteiger partial charge in [-0.05, 0) is 31.1 Å². The van der Waals surface area contributed by atoms with Crippen LogP contribution in [0.3, 0.4) is 0 Å². The Morgan fingerprint density at radius 1 is 1.50 bits per heavy atom. The highest BCUT2D eigenvalue weighted by molar-refractivity contribution is 5.71. The summed E-state index contributed by atoms with van der Waals surface area (Å²) in [6, 6.07) is 0. The Balaban J connectivity index is 1.88. The first-order valence-electron chi connectivity index (χ1n) is 4.52. The molecule has 2 fully saturated rings. The summed E-state index contributed by atoms with van der Waals surface area (Å²) in [5.41, 5.74) is 0.251. The van der Waals surface area contributed by atoms with Crippen molar-refractivity contribution in [3.8, 4) is 0 Å². The van der Waals surface area contributed by atoms with E-state index >= 15 is 0 Å². The van der Waals surface area contributed by atoms with Crippen molar-refractivity contribution < 1.29 is 14.6 Å². The lowest BCUT2D eigenvalue weighted by atomic mass is 9.60. The lowest BCUT2D eigenvalue weighted by Gasteiger charge is -2.48. The number of carboxylic acids is 1. The molecule has 2 rings (SSSR count). The van der Waals surface area contributed by atoms with Crippen molar-refractivity contribution in [2.75, 3.05) is 13.2 Å². The van der Waals surface area contributed by atoms with Gasteiger partial charge in [0.05, 0.1) is 12.5 Å². The van der Waals surface area contributed by atoms with Crippen LogP contribution in [0.5, 0.6) is 0 Å². The molecule has 68 valence electrons. The topological polar surface area (TPSA) is 46.5 Å². The highest BCUT2D eigenvalue weighted by Gasteiger charge is 2.48. The van der Waals surface area contributed by atoms with Gasteiger partial charge in [0.1, 0.15) is 0 Å². The molecule has 3 heteroatoms. The molecule has 0 amide bonds. The third kappa shape index (κ3) is 1.22. The van der Waals surface area contributed by atoms with Crippen LogP contribution in [0.15, 0.2) is 0 Å². The zero-order valence-electron chi connectivity index (χ0n) is 7.08. The van der Waals surface area contributed by atoms with Crippen molar-refractivity contribution >= 4 is 5.97 Å². The van der Waals surface area contributed by atoms with E-state index in [2.05, 4.69) is 0 Å². The van der Waals surface area contributed by atoms with Crippen LogP contribution in [-0.4, -0.2) is 24.3 Å². The Morgan fingerprint density at radius 3 is 2.75 bits per heavy atom. The van der Waals surface area contributed by atoms with Crippen molar-refractivity contribution in [2.24, 2.45) is 11.3 Å². The zero-order valence-corrected chi connectivity index (χ0v) is 7.08. The van der Waals surface area contributed by atoms with Crippen LogP contribution in [0.25, 0.3) is 0 Å². The van der Waals surface area contributed by atoms with Gasteiger partial charge in [-0.1, -0.05) is 0 Å². The summed E-state index contributed by atoms with van der Waals surface area (Å²) in [6.07, 6.45) is 3.94. The van der Waals surface area contributed by atoms with Crippen LogP contribution < -0.4 is 0 Å². The molecular weight excluding hydrogens is 156 g/mol. The Hall–Kier alpha value is -0.570. The highest BCUT2D eigenvalue weighted by Crippen LogP contribution is 2.50. The van der Waals surface area contributed by atoms with Crippen molar-refractivity contribution in [1.82, 2.24) is 0 Å². The van der Waals surface area contributed by atoms with Crippen LogP contribution in [0.2, 0.25) is 0 Å². The van der Waals surface area contributed by atoms with E-state index in [1.165, 1.54) is 0 Å². The van der Waals surface area contributed by atoms with Gasteiger partial charge in [0.25, 0.3) is 0 Å². The first-order chi connectivity index (χ1) is 5.72. The van der Waals surface area contributed by atoms with Gasteiger partial charge in [-0.15, -0.1) is 0 Å². The Labute approximate surface area is 71.7 Å². The van der Waals surface area contributed by atoms with Crippen molar-refractivity contribution in [3.05, 3.63) is 0 Å². The Kier molecular flexibility index (Phi) is 1.83. The molecule has 2 aliphatic rings. The van der Waals surface area contributed by atoms with Crippen LogP contribution in [0.4, 0.5) is 0 Å². The largest absolute Gasteiger partial charge is 0.481 e. The second kappa shape index (κ2) is 2.73. The van der Waals surface area contributed by atoms with E-state index < -0.39 is 5.97 Å². The van der Waals surface area contributed by atoms with Gasteiger partial charge in [0, 0.05) is 6.61 Å². The highest BCUT2D eigenvalue weighted by atomic mass is 16.5. The Morgan fingerprint density at radius 2 is 2.25 bits per heavy atom. The maximum Gasteiger partial charge on any atom is 0.306 e. The summed E-state index contributed by atoms with van der Waals surface area (Å²) in [4.78, 5) is 10.6. The van der Waals surface area contributed by atoms with Gasteiger partial charge in [-0.2, -0.15) is 0 Å². The second-order valence-electron chi connectivity index (χ2n) is 4.10. The van der Waals surface area contributed by atoms with E-state index in [0.717, 1.165) is 38.9 Å². The number of carbonyl (C=O) groups is 1. The monoisotopic (exact) mass is 170 g/mol. The number of ether oxygens (including phenoxy) is 1. The third-order valence-corrected chi connectivity index (χ3v) is 3.11. The van der Waals surface area contributed by atoms with Crippen LogP contribution in [-0.2, 0) is 9.53 Å². The molecular formula is C9H14O3. The molecule has 0 bridgehead atoms. The van der Waals surface area contributed by atoms with Gasteiger partial charge in [-0.25, -0.2) is 0 Å². The van der Waals surface area contributed by atoms with E-state index in [-0.39, 0.29) is 11.3 Å². The number of hydrogen-bond acceptors (Lipinski definition) is 2. The number of carboxylic acid groups (broad SMARTS) is 1. The summed E-state index contributed by atoms with van der Waals surface area (Å²) in [6.45, 7) is 1.65. The average Bonchev–Trinajstić information content (AvgIpc) is 2.01. The summed E-state index contributed by atoms with van der Waals surface area (Å²) in [5.74, 6) is -0.724. The molecule has 1 N–H and O–H groups in total. The van der Waals surface area contributed by atoms with Crippen molar-refractivity contribution in [3.63, 3.8) is 0 Å². The van der Waals surface area contributed by atoms with Crippen molar-refractivity contribution in [2.45, 2.75) is 25.7 Å². The fourth-order valence-electron chi connectivity index (χ4n) is 2.39. The molecule has 0 aromatic carbocycles. The SMILES string of the molecule is O=C(O)C1CC2(CCCOC2)C1. The van der Waals surface area contributed by atoms with E-state index in [1.807, 2.05) is 0 Å². The fourth-order valence-corrected chi connectivity index (χ4v) is 2.39. The van der Waals surface area contributed by atoms with Gasteiger partial charge < -0.3 is 9.84 Å². The van der Waals surface area contributed by atoms with Crippen LogP contribution >= 0.6 is 0 Å². The van der Waals surface area contributed by atoms with E-state index in [4.69, 9.17) is 9.84 Å². The first kappa shape index (κ1) is 8.05. The minimum absolute atomic E-state index is 0.0910. The summed E-state index contributed by atoms with van der Waals surface area (Å²) >= 11 is 0. The number of rotatable bonds is 1. The second-order valence-corrected chi connectivity index (χ2v) is 4.10. The predicted octanol–water partition coefficient (Wildman–Crippen LogP) is 1.28. The van der Waals surface area contributed by atoms with Gasteiger partial charge in [0.2, 0.25) is 0 Å². The van der Waals surface area contributed by atoms with Crippen LogP contribution in [0.1, 0.15) is 25.7 Å². The quantitative estimate of drug-likeness (QED) is 0.644. The van der Waals surface area contributed by atoms with Gasteiger partial charge in [0.15, 0.2) is 0 Å². The number of aliphatic carboxylic acids is 1. The lowest BCUT2D eigenvalue weighted by molar-refractivity contribution is -0.157. The smallest absolute Gasteiger partial charge is 0.306 e. The van der Waals surface area contributed by atoms with E-state index in [9.17, 15) is 4.79 Å². The number of hydrogen-bond donors (Lipinski definition) is 1. The molecule has 1 spiro atoms. The standard InChI is InChI=1S/C9H14O3/c10-8(11)7-4-9(5-7)2-1-3-12-6-9/h7H,1-6H2,(H,10,11). The molecule has 0 aromatic rings. The minimum Gasteiger partial charge on any atom is -0.481 e. The molecule has 1 heterocycles.